The number of nitrogens with one attached hydrogen (secondary N) is 3. The van der Waals surface area contributed by atoms with Crippen molar-refractivity contribution in [2.24, 2.45) is 10.9 Å². The van der Waals surface area contributed by atoms with Crippen LogP contribution in [0.5, 0.6) is 0 Å². The van der Waals surface area contributed by atoms with E-state index in [0.29, 0.717) is 31.2 Å². The molecule has 0 aliphatic carbocycles. The van der Waals surface area contributed by atoms with Crippen molar-refractivity contribution in [1.29, 1.82) is 0 Å². The molecule has 0 radical (unpaired) electrons. The number of guanidine groups is 1. The molecule has 0 amide bonds. The molecule has 26 heavy (non-hydrogen) atoms. The third-order valence-corrected chi connectivity index (χ3v) is 3.92. The summed E-state index contributed by atoms with van der Waals surface area (Å²) < 4.78 is 0. The van der Waals surface area contributed by atoms with Crippen LogP contribution in [0.1, 0.15) is 33.1 Å². The Balaban J connectivity index is 2.50. The zero-order valence-corrected chi connectivity index (χ0v) is 15.7. The first kappa shape index (κ1) is 21.7. The van der Waals surface area contributed by atoms with Crippen LogP contribution in [0.3, 0.4) is 0 Å². The first-order valence-electron chi connectivity index (χ1n) is 9.22. The number of nitro groups is 1. The zero-order chi connectivity index (χ0) is 19.2. The summed E-state index contributed by atoms with van der Waals surface area (Å²) in [5.41, 5.74) is 0.576. The summed E-state index contributed by atoms with van der Waals surface area (Å²) in [5, 5.41) is 29.6. The first-order valence-corrected chi connectivity index (χ1v) is 9.22. The SMILES string of the molecule is CCCC(CCO)CN=C(NCC)NCCNc1ccccc1[N+](=O)[O-]. The van der Waals surface area contributed by atoms with Crippen LogP contribution in [0.2, 0.25) is 0 Å². The van der Waals surface area contributed by atoms with Crippen LogP contribution >= 0.6 is 0 Å². The van der Waals surface area contributed by atoms with Crippen LogP contribution in [0, 0.1) is 16.0 Å². The molecule has 1 aromatic carbocycles. The number of hydrogen-bond donors (Lipinski definition) is 4. The molecule has 0 spiro atoms. The van der Waals surface area contributed by atoms with Crippen LogP contribution in [0.15, 0.2) is 29.3 Å². The van der Waals surface area contributed by atoms with E-state index in [1.807, 2.05) is 6.92 Å². The molecule has 0 aliphatic rings. The van der Waals surface area contributed by atoms with E-state index in [-0.39, 0.29) is 12.3 Å². The number of aliphatic hydroxyl groups is 1. The van der Waals surface area contributed by atoms with Crippen LogP contribution in [-0.2, 0) is 0 Å². The lowest BCUT2D eigenvalue weighted by molar-refractivity contribution is -0.384. The Hall–Kier alpha value is -2.35. The van der Waals surface area contributed by atoms with Gasteiger partial charge in [0.15, 0.2) is 5.96 Å². The number of hydrogen-bond acceptors (Lipinski definition) is 5. The predicted octanol–water partition coefficient (Wildman–Crippen LogP) is 2.36. The average Bonchev–Trinajstić information content (AvgIpc) is 2.63. The minimum Gasteiger partial charge on any atom is -0.396 e. The van der Waals surface area contributed by atoms with Crippen molar-refractivity contribution in [3.05, 3.63) is 34.4 Å². The fraction of sp³-hybridized carbons (Fsp3) is 0.611. The molecule has 1 aromatic rings. The van der Waals surface area contributed by atoms with Gasteiger partial charge in [-0.15, -0.1) is 0 Å². The Morgan fingerprint density at radius 2 is 2.00 bits per heavy atom. The molecule has 8 heteroatoms. The van der Waals surface area contributed by atoms with E-state index in [1.165, 1.54) is 6.07 Å². The molecule has 1 unspecified atom stereocenters. The number of aliphatic hydroxyl groups excluding tert-OH is 1. The van der Waals surface area contributed by atoms with E-state index in [9.17, 15) is 10.1 Å². The maximum absolute atomic E-state index is 11.0. The lowest BCUT2D eigenvalue weighted by Crippen LogP contribution is -2.40. The topological polar surface area (TPSA) is 112 Å². The molecular formula is C18H31N5O3. The lowest BCUT2D eigenvalue weighted by Gasteiger charge is -2.15. The Morgan fingerprint density at radius 1 is 1.23 bits per heavy atom. The van der Waals surface area contributed by atoms with Crippen molar-refractivity contribution in [2.45, 2.75) is 33.1 Å². The van der Waals surface area contributed by atoms with Gasteiger partial charge in [-0.2, -0.15) is 0 Å². The molecule has 4 N–H and O–H groups in total. The molecule has 1 rings (SSSR count). The highest BCUT2D eigenvalue weighted by Crippen LogP contribution is 2.22. The molecule has 0 fully saturated rings. The van der Waals surface area contributed by atoms with E-state index in [4.69, 9.17) is 5.11 Å². The van der Waals surface area contributed by atoms with Gasteiger partial charge in [0.05, 0.1) is 4.92 Å². The first-order chi connectivity index (χ1) is 12.6. The normalized spacial score (nSPS) is 12.5. The Morgan fingerprint density at radius 3 is 2.65 bits per heavy atom. The molecule has 0 aromatic heterocycles. The van der Waals surface area contributed by atoms with Crippen molar-refractivity contribution in [1.82, 2.24) is 10.6 Å². The number of nitrogens with zero attached hydrogens (tertiary/aromatic N) is 2. The van der Waals surface area contributed by atoms with E-state index < -0.39 is 4.92 Å². The standard InChI is InChI=1S/C18H31N5O3/c1-3-7-15(10-13-24)14-22-18(19-4-2)21-12-11-20-16-8-5-6-9-17(16)23(25)26/h5-6,8-9,15,20,24H,3-4,7,10-14H2,1-2H3,(H2,19,21,22). The molecule has 8 nitrogen and oxygen atoms in total. The fourth-order valence-corrected chi connectivity index (χ4v) is 2.64. The van der Waals surface area contributed by atoms with Gasteiger partial charge < -0.3 is 21.1 Å². The summed E-state index contributed by atoms with van der Waals surface area (Å²) in [5.74, 6) is 1.10. The molecule has 146 valence electrons. The van der Waals surface area contributed by atoms with Crippen molar-refractivity contribution in [3.8, 4) is 0 Å². The number of anilines is 1. The van der Waals surface area contributed by atoms with Gasteiger partial charge in [-0.25, -0.2) is 0 Å². The quantitative estimate of drug-likeness (QED) is 0.149. The van der Waals surface area contributed by atoms with Gasteiger partial charge in [0.1, 0.15) is 5.69 Å². The highest BCUT2D eigenvalue weighted by atomic mass is 16.6. The summed E-state index contributed by atoms with van der Waals surface area (Å²) >= 11 is 0. The fourth-order valence-electron chi connectivity index (χ4n) is 2.64. The summed E-state index contributed by atoms with van der Waals surface area (Å²) in [6.07, 6.45) is 2.88. The Kier molecular flexibility index (Phi) is 10.8. The van der Waals surface area contributed by atoms with Gasteiger partial charge in [0.25, 0.3) is 5.69 Å². The van der Waals surface area contributed by atoms with Crippen LogP contribution in [-0.4, -0.2) is 48.8 Å². The molecule has 0 saturated heterocycles. The van der Waals surface area contributed by atoms with Gasteiger partial charge in [0, 0.05) is 38.9 Å². The molecule has 0 bridgehead atoms. The molecule has 0 aliphatic heterocycles. The van der Waals surface area contributed by atoms with E-state index >= 15 is 0 Å². The second kappa shape index (κ2) is 12.9. The third kappa shape index (κ3) is 8.15. The zero-order valence-electron chi connectivity index (χ0n) is 15.7. The Bertz CT molecular complexity index is 560. The number of nitro benzene ring substituents is 1. The van der Waals surface area contributed by atoms with Gasteiger partial charge >= 0.3 is 0 Å². The number of rotatable bonds is 12. The van der Waals surface area contributed by atoms with Crippen LogP contribution in [0.25, 0.3) is 0 Å². The smallest absolute Gasteiger partial charge is 0.292 e. The number of aliphatic imine (C=N–C) groups is 1. The van der Waals surface area contributed by atoms with Crippen molar-refractivity contribution in [2.75, 3.05) is 38.1 Å². The van der Waals surface area contributed by atoms with Gasteiger partial charge in [-0.3, -0.25) is 15.1 Å². The minimum atomic E-state index is -0.393. The van der Waals surface area contributed by atoms with Gasteiger partial charge in [-0.1, -0.05) is 25.5 Å². The van der Waals surface area contributed by atoms with Crippen LogP contribution in [0.4, 0.5) is 11.4 Å². The second-order valence-electron chi connectivity index (χ2n) is 6.01. The average molecular weight is 365 g/mol. The maximum atomic E-state index is 11.0. The minimum absolute atomic E-state index is 0.0690. The molecule has 1 atom stereocenters. The lowest BCUT2D eigenvalue weighted by atomic mass is 10.0. The number of para-hydroxylation sites is 2. The van der Waals surface area contributed by atoms with E-state index in [0.717, 1.165) is 31.8 Å². The summed E-state index contributed by atoms with van der Waals surface area (Å²) in [4.78, 5) is 15.2. The molecular weight excluding hydrogens is 334 g/mol. The summed E-state index contributed by atoms with van der Waals surface area (Å²) in [6, 6.07) is 6.60. The second-order valence-corrected chi connectivity index (χ2v) is 6.01. The summed E-state index contributed by atoms with van der Waals surface area (Å²) in [6.45, 7) is 6.85. The maximum Gasteiger partial charge on any atom is 0.292 e. The van der Waals surface area contributed by atoms with Crippen LogP contribution < -0.4 is 16.0 Å². The highest BCUT2D eigenvalue weighted by Gasteiger charge is 2.11. The summed E-state index contributed by atoms with van der Waals surface area (Å²) in [7, 11) is 0. The van der Waals surface area contributed by atoms with Crippen molar-refractivity contribution < 1.29 is 10.0 Å². The van der Waals surface area contributed by atoms with Gasteiger partial charge in [-0.05, 0) is 31.7 Å². The third-order valence-electron chi connectivity index (χ3n) is 3.92. The molecule has 0 heterocycles. The largest absolute Gasteiger partial charge is 0.396 e. The van der Waals surface area contributed by atoms with Crippen molar-refractivity contribution >= 4 is 17.3 Å². The van der Waals surface area contributed by atoms with E-state index in [1.54, 1.807) is 18.2 Å². The predicted molar refractivity (Wildman–Crippen MR) is 106 cm³/mol. The van der Waals surface area contributed by atoms with Crippen molar-refractivity contribution in [3.63, 3.8) is 0 Å². The highest BCUT2D eigenvalue weighted by molar-refractivity contribution is 5.79. The van der Waals surface area contributed by atoms with Gasteiger partial charge in [0.2, 0.25) is 0 Å². The molecule has 0 saturated carbocycles. The van der Waals surface area contributed by atoms with E-state index in [2.05, 4.69) is 27.9 Å². The number of benzene rings is 1. The Labute approximate surface area is 155 Å². The monoisotopic (exact) mass is 365 g/mol.